The molecular weight excluding hydrogens is 235 g/mol. The van der Waals surface area contributed by atoms with E-state index in [0.29, 0.717) is 5.69 Å². The molecule has 16 heavy (non-hydrogen) atoms. The molecule has 1 atom stereocenters. The summed E-state index contributed by atoms with van der Waals surface area (Å²) in [6.45, 7) is 0.0810. The number of carbonyl (C=O) groups excluding carboxylic acids is 1. The Hall–Kier alpha value is -1.17. The van der Waals surface area contributed by atoms with Crippen LogP contribution in [0.15, 0.2) is 24.3 Å². The number of amides is 1. The van der Waals surface area contributed by atoms with Crippen molar-refractivity contribution in [1.82, 2.24) is 0 Å². The van der Waals surface area contributed by atoms with Crippen LogP contribution in [0.3, 0.4) is 0 Å². The van der Waals surface area contributed by atoms with Gasteiger partial charge in [0.2, 0.25) is 0 Å². The zero-order valence-corrected chi connectivity index (χ0v) is 9.59. The Morgan fingerprint density at radius 2 is 2.31 bits per heavy atom. The van der Waals surface area contributed by atoms with Gasteiger partial charge in [-0.15, -0.1) is 12.4 Å². The molecule has 1 aromatic rings. The second-order valence-corrected chi connectivity index (χ2v) is 2.96. The van der Waals surface area contributed by atoms with Gasteiger partial charge in [-0.05, 0) is 18.2 Å². The molecule has 6 heteroatoms. The number of hydrogen-bond acceptors (Lipinski definition) is 3. The monoisotopic (exact) mass is 248 g/mol. The number of hydrogen-bond donors (Lipinski definition) is 2. The van der Waals surface area contributed by atoms with Crippen molar-refractivity contribution in [2.75, 3.05) is 19.0 Å². The van der Waals surface area contributed by atoms with Gasteiger partial charge in [0.15, 0.2) is 0 Å². The highest BCUT2D eigenvalue weighted by molar-refractivity contribution is 5.94. The molecule has 0 saturated heterocycles. The summed E-state index contributed by atoms with van der Waals surface area (Å²) in [5.41, 5.74) is 5.69. The second kappa shape index (κ2) is 7.16. The van der Waals surface area contributed by atoms with Crippen molar-refractivity contribution in [2.24, 2.45) is 5.73 Å². The number of nitrogens with two attached hydrogens (primary N) is 1. The van der Waals surface area contributed by atoms with Crippen LogP contribution in [-0.4, -0.2) is 25.7 Å². The van der Waals surface area contributed by atoms with Gasteiger partial charge in [0.25, 0.3) is 5.91 Å². The Morgan fingerprint density at radius 3 is 2.81 bits per heavy atom. The number of halogens is 2. The van der Waals surface area contributed by atoms with E-state index in [9.17, 15) is 9.18 Å². The van der Waals surface area contributed by atoms with E-state index in [0.717, 1.165) is 0 Å². The SMILES string of the molecule is COC(CN)C(=O)Nc1cccc(F)c1.Cl. The van der Waals surface area contributed by atoms with Crippen molar-refractivity contribution in [3.05, 3.63) is 30.1 Å². The number of carbonyl (C=O) groups is 1. The fourth-order valence-corrected chi connectivity index (χ4v) is 1.10. The lowest BCUT2D eigenvalue weighted by atomic mass is 10.2. The molecule has 0 spiro atoms. The van der Waals surface area contributed by atoms with Crippen molar-refractivity contribution < 1.29 is 13.9 Å². The molecule has 1 rings (SSSR count). The van der Waals surface area contributed by atoms with Crippen molar-refractivity contribution in [1.29, 1.82) is 0 Å². The molecule has 1 unspecified atom stereocenters. The van der Waals surface area contributed by atoms with Crippen molar-refractivity contribution in [3.63, 3.8) is 0 Å². The summed E-state index contributed by atoms with van der Waals surface area (Å²) < 4.78 is 17.6. The van der Waals surface area contributed by atoms with Crippen molar-refractivity contribution >= 4 is 24.0 Å². The van der Waals surface area contributed by atoms with E-state index in [1.165, 1.54) is 25.3 Å². The maximum absolute atomic E-state index is 12.8. The Labute approximate surface area is 99.4 Å². The highest BCUT2D eigenvalue weighted by Crippen LogP contribution is 2.09. The third-order valence-electron chi connectivity index (χ3n) is 1.88. The van der Waals surface area contributed by atoms with Gasteiger partial charge in [-0.2, -0.15) is 0 Å². The van der Waals surface area contributed by atoms with E-state index in [1.807, 2.05) is 0 Å². The predicted octanol–water partition coefficient (Wildman–Crippen LogP) is 1.16. The zero-order valence-electron chi connectivity index (χ0n) is 8.77. The summed E-state index contributed by atoms with van der Waals surface area (Å²) in [4.78, 5) is 11.4. The minimum absolute atomic E-state index is 0. The fourth-order valence-electron chi connectivity index (χ4n) is 1.10. The van der Waals surface area contributed by atoms with Crippen LogP contribution < -0.4 is 11.1 Å². The van der Waals surface area contributed by atoms with Gasteiger partial charge in [-0.25, -0.2) is 4.39 Å². The normalized spacial score (nSPS) is 11.4. The Morgan fingerprint density at radius 1 is 1.62 bits per heavy atom. The maximum Gasteiger partial charge on any atom is 0.254 e. The number of nitrogens with one attached hydrogen (secondary N) is 1. The summed E-state index contributed by atoms with van der Waals surface area (Å²) in [5.74, 6) is -0.792. The quantitative estimate of drug-likeness (QED) is 0.841. The predicted molar refractivity (Wildman–Crippen MR) is 62.1 cm³/mol. The third kappa shape index (κ3) is 4.14. The smallest absolute Gasteiger partial charge is 0.254 e. The molecule has 0 aliphatic rings. The molecule has 0 saturated carbocycles. The lowest BCUT2D eigenvalue weighted by molar-refractivity contribution is -0.125. The van der Waals surface area contributed by atoms with Crippen LogP contribution in [0.25, 0.3) is 0 Å². The van der Waals surface area contributed by atoms with Gasteiger partial charge in [0, 0.05) is 19.3 Å². The fraction of sp³-hybridized carbons (Fsp3) is 0.300. The lowest BCUT2D eigenvalue weighted by Gasteiger charge is -2.12. The van der Waals surface area contributed by atoms with E-state index in [1.54, 1.807) is 6.07 Å². The standard InChI is InChI=1S/C10H13FN2O2.ClH/c1-15-9(6-12)10(14)13-8-4-2-3-7(11)5-8;/h2-5,9H,6,12H2,1H3,(H,13,14);1H. The third-order valence-corrected chi connectivity index (χ3v) is 1.88. The number of benzene rings is 1. The van der Waals surface area contributed by atoms with E-state index in [2.05, 4.69) is 5.32 Å². The van der Waals surface area contributed by atoms with E-state index >= 15 is 0 Å². The number of ether oxygens (including phenoxy) is 1. The van der Waals surface area contributed by atoms with Crippen molar-refractivity contribution in [2.45, 2.75) is 6.10 Å². The van der Waals surface area contributed by atoms with E-state index < -0.39 is 11.9 Å². The zero-order chi connectivity index (χ0) is 11.3. The number of methoxy groups -OCH3 is 1. The van der Waals surface area contributed by atoms with E-state index in [-0.39, 0.29) is 24.9 Å². The van der Waals surface area contributed by atoms with Gasteiger partial charge in [0.05, 0.1) is 0 Å². The molecule has 0 aliphatic carbocycles. The molecule has 0 bridgehead atoms. The molecule has 1 amide bonds. The molecule has 90 valence electrons. The van der Waals surface area contributed by atoms with Gasteiger partial charge in [-0.3, -0.25) is 4.79 Å². The minimum atomic E-state index is -0.715. The first-order valence-corrected chi connectivity index (χ1v) is 4.46. The summed E-state index contributed by atoms with van der Waals surface area (Å²) in [6.07, 6.45) is -0.715. The topological polar surface area (TPSA) is 64.3 Å². The average Bonchev–Trinajstić information content (AvgIpc) is 2.19. The van der Waals surface area contributed by atoms with Crippen LogP contribution in [-0.2, 0) is 9.53 Å². The molecule has 0 fully saturated rings. The molecule has 4 nitrogen and oxygen atoms in total. The minimum Gasteiger partial charge on any atom is -0.370 e. The van der Waals surface area contributed by atoms with Crippen molar-refractivity contribution in [3.8, 4) is 0 Å². The first-order valence-electron chi connectivity index (χ1n) is 4.46. The lowest BCUT2D eigenvalue weighted by Crippen LogP contribution is -2.35. The summed E-state index contributed by atoms with van der Waals surface area (Å²) >= 11 is 0. The van der Waals surface area contributed by atoms with Crippen LogP contribution in [0.1, 0.15) is 0 Å². The summed E-state index contributed by atoms with van der Waals surface area (Å²) in [7, 11) is 1.39. The number of rotatable bonds is 4. The Kier molecular flexibility index (Phi) is 6.64. The summed E-state index contributed by atoms with van der Waals surface area (Å²) in [5, 5.41) is 2.50. The molecule has 0 radical (unpaired) electrons. The van der Waals surface area contributed by atoms with Crippen LogP contribution in [0.2, 0.25) is 0 Å². The van der Waals surface area contributed by atoms with Crippen LogP contribution in [0, 0.1) is 5.82 Å². The van der Waals surface area contributed by atoms with Crippen LogP contribution >= 0.6 is 12.4 Å². The molecule has 0 heterocycles. The summed E-state index contributed by atoms with van der Waals surface area (Å²) in [6, 6.07) is 5.62. The second-order valence-electron chi connectivity index (χ2n) is 2.96. The van der Waals surface area contributed by atoms with Gasteiger partial charge < -0.3 is 15.8 Å². The highest BCUT2D eigenvalue weighted by Gasteiger charge is 2.15. The maximum atomic E-state index is 12.8. The van der Waals surface area contributed by atoms with Crippen LogP contribution in [0.5, 0.6) is 0 Å². The molecule has 0 aromatic heterocycles. The van der Waals surface area contributed by atoms with Gasteiger partial charge in [-0.1, -0.05) is 6.07 Å². The highest BCUT2D eigenvalue weighted by atomic mass is 35.5. The molecule has 3 N–H and O–H groups in total. The number of anilines is 1. The van der Waals surface area contributed by atoms with E-state index in [4.69, 9.17) is 10.5 Å². The van der Waals surface area contributed by atoms with Crippen LogP contribution in [0.4, 0.5) is 10.1 Å². The van der Waals surface area contributed by atoms with Gasteiger partial charge in [0.1, 0.15) is 11.9 Å². The molecule has 1 aromatic carbocycles. The molecular formula is C10H14ClFN2O2. The first-order chi connectivity index (χ1) is 7.17. The Balaban J connectivity index is 0.00000225. The first kappa shape index (κ1) is 14.8. The Bertz CT molecular complexity index is 345. The van der Waals surface area contributed by atoms with Gasteiger partial charge >= 0.3 is 0 Å². The largest absolute Gasteiger partial charge is 0.370 e. The molecule has 0 aliphatic heterocycles. The average molecular weight is 249 g/mol.